The van der Waals surface area contributed by atoms with Gasteiger partial charge >= 0.3 is 11.9 Å². The number of hydrogen-bond donors (Lipinski definition) is 3. The quantitative estimate of drug-likeness (QED) is 0.454. The van der Waals surface area contributed by atoms with Gasteiger partial charge in [-0.05, 0) is 13.0 Å². The van der Waals surface area contributed by atoms with E-state index >= 15 is 0 Å². The van der Waals surface area contributed by atoms with Crippen molar-refractivity contribution in [1.29, 1.82) is 0 Å². The number of hydrogen-bond acceptors (Lipinski definition) is 5. The molecule has 0 aliphatic rings. The number of carbonyl (C=O) groups excluding carboxylic acids is 1. The van der Waals surface area contributed by atoms with E-state index in [-0.39, 0.29) is 0 Å². The average molecular weight is 232 g/mol. The topological polar surface area (TPSA) is 104 Å². The minimum atomic E-state index is -1.78. The third kappa shape index (κ3) is 6.74. The number of ether oxygens (including phenoxy) is 1. The molecule has 0 saturated heterocycles. The van der Waals surface area contributed by atoms with Gasteiger partial charge in [0, 0.05) is 0 Å². The Morgan fingerprint density at radius 2 is 1.88 bits per heavy atom. The summed E-state index contributed by atoms with van der Waals surface area (Å²) in [6.07, 6.45) is 0.890. The highest BCUT2D eigenvalue weighted by Crippen LogP contribution is 2.01. The van der Waals surface area contributed by atoms with E-state index in [1.165, 1.54) is 7.11 Å². The first-order valence-corrected chi connectivity index (χ1v) is 4.20. The van der Waals surface area contributed by atoms with Crippen LogP contribution in [0.2, 0.25) is 0 Å². The summed E-state index contributed by atoms with van der Waals surface area (Å²) in [6, 6.07) is 0. The highest BCUT2D eigenvalue weighted by molar-refractivity contribution is 5.78. The molecule has 0 amide bonds. The summed E-state index contributed by atoms with van der Waals surface area (Å²) < 4.78 is 4.14. The molecule has 0 aliphatic carbocycles. The molecule has 0 aromatic heterocycles. The number of carboxylic acids is 1. The van der Waals surface area contributed by atoms with Gasteiger partial charge in [-0.3, -0.25) is 0 Å². The minimum Gasteiger partial charge on any atom is -0.479 e. The second-order valence-electron chi connectivity index (χ2n) is 2.86. The normalized spacial score (nSPS) is 14.5. The summed E-state index contributed by atoms with van der Waals surface area (Å²) >= 11 is 0. The van der Waals surface area contributed by atoms with Crippen molar-refractivity contribution < 1.29 is 29.6 Å². The van der Waals surface area contributed by atoms with E-state index in [2.05, 4.69) is 17.9 Å². The first kappa shape index (κ1) is 16.8. The molecule has 2 unspecified atom stereocenters. The van der Waals surface area contributed by atoms with Crippen LogP contribution in [0.1, 0.15) is 6.92 Å². The molecule has 3 N–H and O–H groups in total. The van der Waals surface area contributed by atoms with Crippen LogP contribution in [0.15, 0.2) is 25.3 Å². The molecule has 0 spiro atoms. The van der Waals surface area contributed by atoms with Crippen molar-refractivity contribution in [3.05, 3.63) is 25.3 Å². The van der Waals surface area contributed by atoms with Crippen molar-refractivity contribution in [2.45, 2.75) is 18.6 Å². The van der Waals surface area contributed by atoms with E-state index in [1.807, 2.05) is 0 Å². The number of aliphatic hydroxyl groups is 2. The Bertz CT molecular complexity index is 266. The predicted octanol–water partition coefficient (Wildman–Crippen LogP) is -0.286. The molecule has 92 valence electrons. The fourth-order valence-electron chi connectivity index (χ4n) is 0.304. The van der Waals surface area contributed by atoms with Crippen molar-refractivity contribution in [2.24, 2.45) is 0 Å². The smallest absolute Gasteiger partial charge is 0.339 e. The third-order valence-corrected chi connectivity index (χ3v) is 1.50. The maximum Gasteiger partial charge on any atom is 0.339 e. The summed E-state index contributed by atoms with van der Waals surface area (Å²) in [5, 5.41) is 25.3. The zero-order valence-electron chi connectivity index (χ0n) is 9.21. The Hall–Kier alpha value is -1.66. The Morgan fingerprint density at radius 1 is 1.44 bits per heavy atom. The molecule has 6 heteroatoms. The van der Waals surface area contributed by atoms with Crippen LogP contribution < -0.4 is 0 Å². The maximum absolute atomic E-state index is 10.2. The van der Waals surface area contributed by atoms with Crippen LogP contribution in [0.5, 0.6) is 0 Å². The van der Waals surface area contributed by atoms with Crippen molar-refractivity contribution in [1.82, 2.24) is 0 Å². The Balaban J connectivity index is 0. The van der Waals surface area contributed by atoms with Gasteiger partial charge in [-0.25, -0.2) is 9.59 Å². The molecule has 2 atom stereocenters. The van der Waals surface area contributed by atoms with Gasteiger partial charge in [0.25, 0.3) is 0 Å². The largest absolute Gasteiger partial charge is 0.479 e. The lowest BCUT2D eigenvalue weighted by Crippen LogP contribution is -2.31. The van der Waals surface area contributed by atoms with E-state index in [0.717, 1.165) is 19.1 Å². The molecule has 0 heterocycles. The van der Waals surface area contributed by atoms with Crippen LogP contribution >= 0.6 is 0 Å². The SMILES string of the molecule is C=CC(C)(O)C(=O)O.C=CC(O)C(=O)OC. The van der Waals surface area contributed by atoms with Crippen LogP contribution in [-0.2, 0) is 14.3 Å². The van der Waals surface area contributed by atoms with E-state index in [0.29, 0.717) is 0 Å². The summed E-state index contributed by atoms with van der Waals surface area (Å²) in [5.74, 6) is -1.97. The van der Waals surface area contributed by atoms with Gasteiger partial charge in [-0.2, -0.15) is 0 Å². The van der Waals surface area contributed by atoms with Gasteiger partial charge in [-0.1, -0.05) is 19.2 Å². The standard InChI is InChI=1S/2C5H8O3/c1-3-5(2,8)4(6)7;1-3-4(6)5(7)8-2/h3,8H,1H2,2H3,(H,6,7);3-4,6H,1H2,2H3. The molecule has 0 rings (SSSR count). The monoisotopic (exact) mass is 232 g/mol. The second kappa shape index (κ2) is 7.61. The van der Waals surface area contributed by atoms with E-state index in [9.17, 15) is 9.59 Å². The van der Waals surface area contributed by atoms with Crippen LogP contribution in [0, 0.1) is 0 Å². The Kier molecular flexibility index (Phi) is 7.97. The summed E-state index contributed by atoms with van der Waals surface area (Å²) in [5.41, 5.74) is -1.78. The van der Waals surface area contributed by atoms with Crippen molar-refractivity contribution in [2.75, 3.05) is 7.11 Å². The van der Waals surface area contributed by atoms with Crippen molar-refractivity contribution in [3.8, 4) is 0 Å². The molecule has 0 aromatic carbocycles. The molecular weight excluding hydrogens is 216 g/mol. The van der Waals surface area contributed by atoms with Crippen LogP contribution in [-0.4, -0.2) is 46.1 Å². The molecule has 0 saturated carbocycles. The fraction of sp³-hybridized carbons (Fsp3) is 0.400. The number of aliphatic carboxylic acids is 1. The van der Waals surface area contributed by atoms with Crippen molar-refractivity contribution >= 4 is 11.9 Å². The van der Waals surface area contributed by atoms with E-state index in [4.69, 9.17) is 15.3 Å². The third-order valence-electron chi connectivity index (χ3n) is 1.50. The highest BCUT2D eigenvalue weighted by Gasteiger charge is 2.24. The summed E-state index contributed by atoms with van der Waals surface area (Å²) in [6.45, 7) is 7.46. The number of methoxy groups -OCH3 is 1. The Labute approximate surface area is 93.5 Å². The minimum absolute atomic E-state index is 0.681. The van der Waals surface area contributed by atoms with E-state index < -0.39 is 23.6 Å². The zero-order valence-corrected chi connectivity index (χ0v) is 9.21. The van der Waals surface area contributed by atoms with Gasteiger partial charge < -0.3 is 20.1 Å². The first-order valence-electron chi connectivity index (χ1n) is 4.20. The van der Waals surface area contributed by atoms with Gasteiger partial charge in [0.15, 0.2) is 11.7 Å². The number of esters is 1. The molecule has 0 fully saturated rings. The van der Waals surface area contributed by atoms with Crippen LogP contribution in [0.25, 0.3) is 0 Å². The van der Waals surface area contributed by atoms with Gasteiger partial charge in [0.2, 0.25) is 0 Å². The molecule has 0 aromatic rings. The van der Waals surface area contributed by atoms with Crippen LogP contribution in [0.3, 0.4) is 0 Å². The molecular formula is C10H16O6. The number of carboxylic acid groups (broad SMARTS) is 1. The lowest BCUT2D eigenvalue weighted by molar-refractivity contribution is -0.151. The predicted molar refractivity (Wildman–Crippen MR) is 56.7 cm³/mol. The number of carbonyl (C=O) groups is 2. The van der Waals surface area contributed by atoms with E-state index in [1.54, 1.807) is 0 Å². The molecule has 16 heavy (non-hydrogen) atoms. The fourth-order valence-corrected chi connectivity index (χ4v) is 0.304. The Morgan fingerprint density at radius 3 is 1.94 bits per heavy atom. The van der Waals surface area contributed by atoms with Crippen molar-refractivity contribution in [3.63, 3.8) is 0 Å². The lowest BCUT2D eigenvalue weighted by Gasteiger charge is -2.09. The zero-order chi connectivity index (χ0) is 13.4. The molecule has 0 radical (unpaired) electrons. The van der Waals surface area contributed by atoms with Gasteiger partial charge in [0.05, 0.1) is 7.11 Å². The lowest BCUT2D eigenvalue weighted by atomic mass is 10.1. The molecule has 0 bridgehead atoms. The first-order chi connectivity index (χ1) is 7.22. The maximum atomic E-state index is 10.2. The molecule has 6 nitrogen and oxygen atoms in total. The van der Waals surface area contributed by atoms with Crippen LogP contribution in [0.4, 0.5) is 0 Å². The highest BCUT2D eigenvalue weighted by atomic mass is 16.5. The second-order valence-corrected chi connectivity index (χ2v) is 2.86. The van der Waals surface area contributed by atoms with Gasteiger partial charge in [0.1, 0.15) is 0 Å². The van der Waals surface area contributed by atoms with Gasteiger partial charge in [-0.15, -0.1) is 0 Å². The number of aliphatic hydroxyl groups excluding tert-OH is 1. The summed E-state index contributed by atoms with van der Waals surface area (Å²) in [4.78, 5) is 20.1. The summed E-state index contributed by atoms with van der Waals surface area (Å²) in [7, 11) is 1.20. The number of rotatable bonds is 4. The molecule has 0 aliphatic heterocycles. The average Bonchev–Trinajstić information content (AvgIpc) is 2.27.